The van der Waals surface area contributed by atoms with Crippen molar-refractivity contribution in [3.63, 3.8) is 0 Å². The first-order chi connectivity index (χ1) is 13.8. The number of hydrogen-bond donors (Lipinski definition) is 1. The van der Waals surface area contributed by atoms with Crippen LogP contribution in [0.3, 0.4) is 0 Å². The second-order valence-corrected chi connectivity index (χ2v) is 6.58. The van der Waals surface area contributed by atoms with Gasteiger partial charge in [-0.05, 0) is 66.4 Å². The van der Waals surface area contributed by atoms with E-state index in [-0.39, 0.29) is 22.7 Å². The minimum absolute atomic E-state index is 0.0986. The third-order valence-electron chi connectivity index (χ3n) is 4.37. The fourth-order valence-electron chi connectivity index (χ4n) is 2.90. The van der Waals surface area contributed by atoms with Gasteiger partial charge in [0, 0.05) is 6.07 Å². The van der Waals surface area contributed by atoms with Gasteiger partial charge in [-0.15, -0.1) is 0 Å². The van der Waals surface area contributed by atoms with Gasteiger partial charge in [0.15, 0.2) is 0 Å². The summed E-state index contributed by atoms with van der Waals surface area (Å²) in [7, 11) is 0. The van der Waals surface area contributed by atoms with E-state index in [1.807, 2.05) is 44.2 Å². The first-order valence-electron chi connectivity index (χ1n) is 8.89. The summed E-state index contributed by atoms with van der Waals surface area (Å²) in [6.07, 6.45) is 3.72. The Labute approximate surface area is 167 Å². The van der Waals surface area contributed by atoms with Gasteiger partial charge in [-0.25, -0.2) is 4.79 Å². The third-order valence-corrected chi connectivity index (χ3v) is 4.37. The Morgan fingerprint density at radius 2 is 1.62 bits per heavy atom. The minimum Gasteiger partial charge on any atom is -0.507 e. The Morgan fingerprint density at radius 3 is 2.31 bits per heavy atom. The van der Waals surface area contributed by atoms with Gasteiger partial charge in [0.25, 0.3) is 0 Å². The zero-order valence-corrected chi connectivity index (χ0v) is 16.0. The fraction of sp³-hybridized carbons (Fsp3) is 0.0870. The highest BCUT2D eigenvalue weighted by atomic mass is 16.6. The van der Waals surface area contributed by atoms with Gasteiger partial charge in [-0.3, -0.25) is 10.1 Å². The van der Waals surface area contributed by atoms with Crippen LogP contribution in [0.1, 0.15) is 32.6 Å². The smallest absolute Gasteiger partial charge is 0.343 e. The van der Waals surface area contributed by atoms with Crippen LogP contribution in [-0.4, -0.2) is 16.0 Å². The highest BCUT2D eigenvalue weighted by Gasteiger charge is 2.18. The van der Waals surface area contributed by atoms with E-state index in [1.165, 1.54) is 18.2 Å². The molecule has 0 aliphatic heterocycles. The van der Waals surface area contributed by atoms with E-state index >= 15 is 0 Å². The quantitative estimate of drug-likeness (QED) is 0.210. The van der Waals surface area contributed by atoms with Crippen molar-refractivity contribution in [2.24, 2.45) is 0 Å². The Kier molecular flexibility index (Phi) is 5.74. The molecule has 29 heavy (non-hydrogen) atoms. The van der Waals surface area contributed by atoms with Gasteiger partial charge in [-0.1, -0.05) is 36.4 Å². The summed E-state index contributed by atoms with van der Waals surface area (Å²) >= 11 is 0. The number of aromatic hydroxyl groups is 1. The highest BCUT2D eigenvalue weighted by molar-refractivity contribution is 5.92. The summed E-state index contributed by atoms with van der Waals surface area (Å²) in [6.45, 7) is 3.66. The maximum absolute atomic E-state index is 12.4. The molecule has 0 amide bonds. The van der Waals surface area contributed by atoms with E-state index in [0.29, 0.717) is 0 Å². The van der Waals surface area contributed by atoms with Crippen LogP contribution in [0.25, 0.3) is 12.2 Å². The van der Waals surface area contributed by atoms with E-state index in [9.17, 15) is 20.0 Å². The second-order valence-electron chi connectivity index (χ2n) is 6.58. The summed E-state index contributed by atoms with van der Waals surface area (Å²) in [4.78, 5) is 22.9. The van der Waals surface area contributed by atoms with Crippen molar-refractivity contribution in [1.82, 2.24) is 0 Å². The lowest BCUT2D eigenvalue weighted by atomic mass is 10.0. The number of hydrogen-bond acceptors (Lipinski definition) is 5. The van der Waals surface area contributed by atoms with Crippen LogP contribution in [0.15, 0.2) is 60.7 Å². The number of rotatable bonds is 5. The fourth-order valence-corrected chi connectivity index (χ4v) is 2.90. The van der Waals surface area contributed by atoms with Crippen molar-refractivity contribution in [2.75, 3.05) is 0 Å². The molecule has 0 saturated heterocycles. The molecule has 146 valence electrons. The van der Waals surface area contributed by atoms with Crippen molar-refractivity contribution in [3.8, 4) is 11.5 Å². The molecule has 0 fully saturated rings. The van der Waals surface area contributed by atoms with Gasteiger partial charge in [0.2, 0.25) is 5.75 Å². The normalized spacial score (nSPS) is 10.8. The molecule has 3 aromatic carbocycles. The summed E-state index contributed by atoms with van der Waals surface area (Å²) in [5.74, 6) is -0.494. The summed E-state index contributed by atoms with van der Waals surface area (Å²) in [5, 5.41) is 20.9. The molecule has 0 atom stereocenters. The van der Waals surface area contributed by atoms with Gasteiger partial charge in [0.05, 0.1) is 10.5 Å². The van der Waals surface area contributed by atoms with Crippen molar-refractivity contribution in [2.45, 2.75) is 13.8 Å². The lowest BCUT2D eigenvalue weighted by Gasteiger charge is -2.06. The van der Waals surface area contributed by atoms with E-state index in [0.717, 1.165) is 22.3 Å². The molecule has 3 aromatic rings. The molecule has 0 saturated carbocycles. The van der Waals surface area contributed by atoms with Gasteiger partial charge in [0.1, 0.15) is 5.75 Å². The van der Waals surface area contributed by atoms with Gasteiger partial charge >= 0.3 is 11.7 Å². The largest absolute Gasteiger partial charge is 0.507 e. The van der Waals surface area contributed by atoms with Crippen LogP contribution in [0.4, 0.5) is 5.69 Å². The number of aryl methyl sites for hydroxylation is 2. The molecule has 1 N–H and O–H groups in total. The Morgan fingerprint density at radius 1 is 0.966 bits per heavy atom. The molecular formula is C23H19NO5. The summed E-state index contributed by atoms with van der Waals surface area (Å²) in [6, 6.07) is 16.2. The molecule has 0 spiro atoms. The van der Waals surface area contributed by atoms with Crippen molar-refractivity contribution in [1.29, 1.82) is 0 Å². The molecule has 0 aromatic heterocycles. The predicted octanol–water partition coefficient (Wildman–Crippen LogP) is 5.31. The Hall–Kier alpha value is -3.93. The molecule has 6 nitrogen and oxygen atoms in total. The monoisotopic (exact) mass is 389 g/mol. The second kappa shape index (κ2) is 8.39. The zero-order chi connectivity index (χ0) is 21.0. The lowest BCUT2D eigenvalue weighted by Crippen LogP contribution is -2.09. The molecule has 0 heterocycles. The van der Waals surface area contributed by atoms with Crippen LogP contribution in [0, 0.1) is 24.0 Å². The number of nitro benzene ring substituents is 1. The number of para-hydroxylation sites is 2. The van der Waals surface area contributed by atoms with Crippen LogP contribution in [0.5, 0.6) is 11.5 Å². The van der Waals surface area contributed by atoms with Crippen LogP contribution in [-0.2, 0) is 0 Å². The number of phenols is 1. The molecule has 0 bridgehead atoms. The van der Waals surface area contributed by atoms with E-state index in [2.05, 4.69) is 0 Å². The van der Waals surface area contributed by atoms with E-state index in [1.54, 1.807) is 24.3 Å². The van der Waals surface area contributed by atoms with Crippen LogP contribution in [0.2, 0.25) is 0 Å². The maximum atomic E-state index is 12.4. The summed E-state index contributed by atoms with van der Waals surface area (Å²) in [5.41, 5.74) is 3.27. The van der Waals surface area contributed by atoms with Crippen LogP contribution < -0.4 is 4.74 Å². The number of carbonyl (C=O) groups is 1. The topological polar surface area (TPSA) is 89.7 Å². The molecule has 3 rings (SSSR count). The SMILES string of the molecule is Cc1cc(C=Cc2cccc(C(=O)Oc3ccccc3[N+](=O)[O-])c2)cc(C)c1O. The maximum Gasteiger partial charge on any atom is 0.343 e. The number of nitrogens with zero attached hydrogens (tertiary/aromatic N) is 1. The lowest BCUT2D eigenvalue weighted by molar-refractivity contribution is -0.385. The molecule has 0 unspecified atom stereocenters. The molecule has 6 heteroatoms. The number of phenolic OH excluding ortho intramolecular Hbond substituents is 1. The Bertz CT molecular complexity index is 1090. The molecule has 0 aliphatic rings. The van der Waals surface area contributed by atoms with E-state index in [4.69, 9.17) is 4.74 Å². The average Bonchev–Trinajstić information content (AvgIpc) is 2.70. The minimum atomic E-state index is -0.675. The number of ether oxygens (including phenoxy) is 1. The van der Waals surface area contributed by atoms with Gasteiger partial charge < -0.3 is 9.84 Å². The number of nitro groups is 1. The van der Waals surface area contributed by atoms with Gasteiger partial charge in [-0.2, -0.15) is 0 Å². The third kappa shape index (κ3) is 4.68. The average molecular weight is 389 g/mol. The standard InChI is InChI=1S/C23H19NO5/c1-15-12-18(13-16(2)22(15)25)11-10-17-6-5-7-19(14-17)23(26)29-21-9-4-3-8-20(21)24(27)28/h3-14,25H,1-2H3. The summed E-state index contributed by atoms with van der Waals surface area (Å²) < 4.78 is 5.22. The van der Waals surface area contributed by atoms with Crippen molar-refractivity contribution in [3.05, 3.63) is 98.6 Å². The predicted molar refractivity (Wildman–Crippen MR) is 111 cm³/mol. The van der Waals surface area contributed by atoms with Crippen molar-refractivity contribution >= 4 is 23.8 Å². The number of carbonyl (C=O) groups excluding carboxylic acids is 1. The molecule has 0 radical (unpaired) electrons. The molecular weight excluding hydrogens is 370 g/mol. The number of esters is 1. The first kappa shape index (κ1) is 19.8. The number of benzene rings is 3. The molecule has 0 aliphatic carbocycles. The van der Waals surface area contributed by atoms with Crippen molar-refractivity contribution < 1.29 is 19.6 Å². The van der Waals surface area contributed by atoms with Crippen LogP contribution >= 0.6 is 0 Å². The Balaban J connectivity index is 1.81. The zero-order valence-electron chi connectivity index (χ0n) is 16.0. The highest BCUT2D eigenvalue weighted by Crippen LogP contribution is 2.27. The van der Waals surface area contributed by atoms with E-state index < -0.39 is 10.9 Å². The first-order valence-corrected chi connectivity index (χ1v) is 8.89.